The summed E-state index contributed by atoms with van der Waals surface area (Å²) in [5.41, 5.74) is 13.4. The van der Waals surface area contributed by atoms with Crippen molar-refractivity contribution in [1.29, 1.82) is 0 Å². The van der Waals surface area contributed by atoms with Gasteiger partial charge in [0.05, 0.1) is 17.9 Å². The standard InChI is InChI=1S/C13H19N7/c1-19(2)9-6-4-5-7-10(9)20(3)8-11-16-12(14)18-13(15)17-11/h4-7H,8H2,1-3H3,(H4,14,15,16,17,18). The van der Waals surface area contributed by atoms with E-state index in [2.05, 4.69) is 25.9 Å². The molecule has 0 radical (unpaired) electrons. The molecule has 0 fully saturated rings. The van der Waals surface area contributed by atoms with E-state index in [9.17, 15) is 0 Å². The van der Waals surface area contributed by atoms with E-state index < -0.39 is 0 Å². The monoisotopic (exact) mass is 273 g/mol. The van der Waals surface area contributed by atoms with Gasteiger partial charge in [0.2, 0.25) is 11.9 Å². The molecule has 2 aromatic rings. The molecular weight excluding hydrogens is 254 g/mol. The van der Waals surface area contributed by atoms with E-state index in [1.54, 1.807) is 0 Å². The van der Waals surface area contributed by atoms with Crippen LogP contribution in [0.4, 0.5) is 23.3 Å². The van der Waals surface area contributed by atoms with Gasteiger partial charge in [-0.3, -0.25) is 0 Å². The zero-order valence-electron chi connectivity index (χ0n) is 11.9. The molecule has 1 heterocycles. The van der Waals surface area contributed by atoms with Gasteiger partial charge in [-0.2, -0.15) is 15.0 Å². The molecule has 7 nitrogen and oxygen atoms in total. The summed E-state index contributed by atoms with van der Waals surface area (Å²) in [6.07, 6.45) is 0. The fourth-order valence-corrected chi connectivity index (χ4v) is 1.99. The lowest BCUT2D eigenvalue weighted by atomic mass is 10.2. The average Bonchev–Trinajstić information content (AvgIpc) is 2.37. The minimum Gasteiger partial charge on any atom is -0.376 e. The summed E-state index contributed by atoms with van der Waals surface area (Å²) in [4.78, 5) is 16.1. The van der Waals surface area contributed by atoms with Crippen LogP contribution in [0.1, 0.15) is 5.82 Å². The van der Waals surface area contributed by atoms with Gasteiger partial charge in [-0.1, -0.05) is 12.1 Å². The fourth-order valence-electron chi connectivity index (χ4n) is 1.99. The van der Waals surface area contributed by atoms with E-state index in [4.69, 9.17) is 11.5 Å². The highest BCUT2D eigenvalue weighted by atomic mass is 15.2. The zero-order valence-corrected chi connectivity index (χ0v) is 11.9. The van der Waals surface area contributed by atoms with Crippen LogP contribution in [0.25, 0.3) is 0 Å². The molecule has 2 rings (SSSR count). The van der Waals surface area contributed by atoms with Crippen LogP contribution in [-0.4, -0.2) is 36.1 Å². The van der Waals surface area contributed by atoms with Crippen molar-refractivity contribution >= 4 is 23.3 Å². The van der Waals surface area contributed by atoms with Crippen LogP contribution in [0.5, 0.6) is 0 Å². The van der Waals surface area contributed by atoms with Gasteiger partial charge in [0.15, 0.2) is 5.82 Å². The lowest BCUT2D eigenvalue weighted by Gasteiger charge is -2.25. The van der Waals surface area contributed by atoms with Crippen molar-refractivity contribution in [2.75, 3.05) is 42.4 Å². The number of hydrogen-bond acceptors (Lipinski definition) is 7. The highest BCUT2D eigenvalue weighted by molar-refractivity contribution is 5.70. The van der Waals surface area contributed by atoms with Crippen molar-refractivity contribution in [2.24, 2.45) is 0 Å². The number of anilines is 4. The first-order valence-corrected chi connectivity index (χ1v) is 6.20. The Bertz CT molecular complexity index is 577. The van der Waals surface area contributed by atoms with Crippen LogP contribution in [0.15, 0.2) is 24.3 Å². The topological polar surface area (TPSA) is 97.2 Å². The number of nitrogens with two attached hydrogens (primary N) is 2. The van der Waals surface area contributed by atoms with Crippen LogP contribution in [0.3, 0.4) is 0 Å². The maximum Gasteiger partial charge on any atom is 0.225 e. The lowest BCUT2D eigenvalue weighted by Crippen LogP contribution is -2.22. The Kier molecular flexibility index (Phi) is 3.88. The van der Waals surface area contributed by atoms with E-state index in [-0.39, 0.29) is 11.9 Å². The van der Waals surface area contributed by atoms with Gasteiger partial charge >= 0.3 is 0 Å². The Labute approximate surface area is 118 Å². The molecule has 0 saturated heterocycles. The van der Waals surface area contributed by atoms with Crippen molar-refractivity contribution in [3.05, 3.63) is 30.1 Å². The van der Waals surface area contributed by atoms with Gasteiger partial charge in [0.1, 0.15) is 0 Å². The largest absolute Gasteiger partial charge is 0.376 e. The van der Waals surface area contributed by atoms with Gasteiger partial charge in [-0.05, 0) is 12.1 Å². The third kappa shape index (κ3) is 3.05. The van der Waals surface area contributed by atoms with Gasteiger partial charge in [-0.15, -0.1) is 0 Å². The molecule has 0 atom stereocenters. The van der Waals surface area contributed by atoms with Gasteiger partial charge in [-0.25, -0.2) is 0 Å². The molecule has 1 aromatic heterocycles. The number of rotatable bonds is 4. The van der Waals surface area contributed by atoms with Crippen LogP contribution in [0.2, 0.25) is 0 Å². The normalized spacial score (nSPS) is 10.3. The molecule has 0 aliphatic rings. The lowest BCUT2D eigenvalue weighted by molar-refractivity contribution is 0.828. The summed E-state index contributed by atoms with van der Waals surface area (Å²) < 4.78 is 0. The van der Waals surface area contributed by atoms with Crippen molar-refractivity contribution in [2.45, 2.75) is 6.54 Å². The van der Waals surface area contributed by atoms with E-state index in [0.29, 0.717) is 12.4 Å². The molecule has 0 unspecified atom stereocenters. The second-order valence-corrected chi connectivity index (χ2v) is 4.71. The van der Waals surface area contributed by atoms with E-state index >= 15 is 0 Å². The summed E-state index contributed by atoms with van der Waals surface area (Å²) in [6, 6.07) is 8.10. The first-order valence-electron chi connectivity index (χ1n) is 6.20. The van der Waals surface area contributed by atoms with Crippen LogP contribution in [-0.2, 0) is 6.54 Å². The minimum atomic E-state index is 0.141. The molecule has 106 valence electrons. The van der Waals surface area contributed by atoms with E-state index in [0.717, 1.165) is 11.4 Å². The minimum absolute atomic E-state index is 0.141. The number of para-hydroxylation sites is 2. The molecule has 0 aliphatic carbocycles. The summed E-state index contributed by atoms with van der Waals surface area (Å²) in [6.45, 7) is 0.502. The Morgan fingerprint density at radius 2 is 1.45 bits per heavy atom. The van der Waals surface area contributed by atoms with Crippen molar-refractivity contribution in [1.82, 2.24) is 15.0 Å². The third-order valence-electron chi connectivity index (χ3n) is 2.87. The number of aromatic nitrogens is 3. The summed E-state index contributed by atoms with van der Waals surface area (Å²) in [5.74, 6) is 0.828. The molecule has 7 heteroatoms. The third-order valence-corrected chi connectivity index (χ3v) is 2.87. The average molecular weight is 273 g/mol. The molecule has 20 heavy (non-hydrogen) atoms. The van der Waals surface area contributed by atoms with Crippen molar-refractivity contribution < 1.29 is 0 Å². The van der Waals surface area contributed by atoms with Crippen molar-refractivity contribution in [3.63, 3.8) is 0 Å². The molecule has 0 saturated carbocycles. The van der Waals surface area contributed by atoms with E-state index in [1.807, 2.05) is 44.2 Å². The molecule has 0 bridgehead atoms. The number of nitrogens with zero attached hydrogens (tertiary/aromatic N) is 5. The smallest absolute Gasteiger partial charge is 0.225 e. The summed E-state index contributed by atoms with van der Waals surface area (Å²) >= 11 is 0. The number of benzene rings is 1. The van der Waals surface area contributed by atoms with Gasteiger partial charge in [0, 0.05) is 21.1 Å². The quantitative estimate of drug-likeness (QED) is 0.847. The highest BCUT2D eigenvalue weighted by Gasteiger charge is 2.11. The zero-order chi connectivity index (χ0) is 14.7. The molecular formula is C13H19N7. The van der Waals surface area contributed by atoms with E-state index in [1.165, 1.54) is 0 Å². The molecule has 0 aliphatic heterocycles. The number of nitrogen functional groups attached to an aromatic ring is 2. The first-order chi connectivity index (χ1) is 9.47. The number of hydrogen-bond donors (Lipinski definition) is 2. The van der Waals surface area contributed by atoms with Gasteiger partial charge < -0.3 is 21.3 Å². The Morgan fingerprint density at radius 3 is 2.00 bits per heavy atom. The predicted octanol–water partition coefficient (Wildman–Crippen LogP) is 0.738. The van der Waals surface area contributed by atoms with Crippen molar-refractivity contribution in [3.8, 4) is 0 Å². The molecule has 4 N–H and O–H groups in total. The molecule has 0 spiro atoms. The Morgan fingerprint density at radius 1 is 0.900 bits per heavy atom. The fraction of sp³-hybridized carbons (Fsp3) is 0.308. The summed E-state index contributed by atoms with van der Waals surface area (Å²) in [5, 5.41) is 0. The van der Waals surface area contributed by atoms with Crippen LogP contribution in [0, 0.1) is 0 Å². The highest BCUT2D eigenvalue weighted by Crippen LogP contribution is 2.27. The maximum atomic E-state index is 5.58. The first kappa shape index (κ1) is 13.9. The van der Waals surface area contributed by atoms with Crippen LogP contribution >= 0.6 is 0 Å². The second kappa shape index (κ2) is 5.60. The van der Waals surface area contributed by atoms with Gasteiger partial charge in [0.25, 0.3) is 0 Å². The second-order valence-electron chi connectivity index (χ2n) is 4.71. The molecule has 1 aromatic carbocycles. The predicted molar refractivity (Wildman–Crippen MR) is 81.5 cm³/mol. The Hall–Kier alpha value is -2.57. The van der Waals surface area contributed by atoms with Crippen LogP contribution < -0.4 is 21.3 Å². The summed E-state index contributed by atoms with van der Waals surface area (Å²) in [7, 11) is 5.98. The SMILES string of the molecule is CN(C)c1ccccc1N(C)Cc1nc(N)nc(N)n1. The molecule has 0 amide bonds. The Balaban J connectivity index is 2.26. The maximum absolute atomic E-state index is 5.58.